The Hall–Kier alpha value is -2.78. The summed E-state index contributed by atoms with van der Waals surface area (Å²) >= 11 is 0. The van der Waals surface area contributed by atoms with E-state index < -0.39 is 4.92 Å². The number of rotatable bonds is 6. The molecule has 2 aromatic heterocycles. The smallest absolute Gasteiger partial charge is 0.312 e. The summed E-state index contributed by atoms with van der Waals surface area (Å²) in [5, 5.41) is 24.6. The van der Waals surface area contributed by atoms with Gasteiger partial charge in [0.2, 0.25) is 5.91 Å². The second-order valence-corrected chi connectivity index (χ2v) is 5.32. The van der Waals surface area contributed by atoms with E-state index in [4.69, 9.17) is 0 Å². The molecule has 0 bridgehead atoms. The molecule has 0 aromatic carbocycles. The summed E-state index contributed by atoms with van der Waals surface area (Å²) in [5.74, 6) is 0.990. The molecule has 2 heterocycles. The molecule has 2 rings (SSSR count). The van der Waals surface area contributed by atoms with Crippen molar-refractivity contribution in [1.29, 1.82) is 0 Å². The van der Waals surface area contributed by atoms with E-state index >= 15 is 0 Å². The van der Waals surface area contributed by atoms with Crippen molar-refractivity contribution < 1.29 is 9.72 Å². The first-order chi connectivity index (χ1) is 10.8. The Morgan fingerprint density at radius 1 is 1.43 bits per heavy atom. The lowest BCUT2D eigenvalue weighted by Gasteiger charge is -2.10. The number of H-pyrrole nitrogens is 1. The maximum absolute atomic E-state index is 12.0. The van der Waals surface area contributed by atoms with Crippen LogP contribution in [0.25, 0.3) is 0 Å². The van der Waals surface area contributed by atoms with E-state index in [-0.39, 0.29) is 30.6 Å². The first-order valence-corrected chi connectivity index (χ1v) is 7.16. The molecular weight excluding hydrogens is 302 g/mol. The SMILES string of the molecule is Cc1nc(C(C)NC(=O)CCn2nc(C)c([N+](=O)[O-])c2C)n[nH]1. The first kappa shape index (κ1) is 16.6. The number of nitro groups is 1. The second-order valence-electron chi connectivity index (χ2n) is 5.32. The molecule has 10 heteroatoms. The fourth-order valence-electron chi connectivity index (χ4n) is 2.31. The minimum Gasteiger partial charge on any atom is -0.346 e. The first-order valence-electron chi connectivity index (χ1n) is 7.16. The monoisotopic (exact) mass is 321 g/mol. The highest BCUT2D eigenvalue weighted by Crippen LogP contribution is 2.21. The van der Waals surface area contributed by atoms with Gasteiger partial charge in [0.25, 0.3) is 0 Å². The van der Waals surface area contributed by atoms with Crippen LogP contribution in [0, 0.1) is 30.9 Å². The molecule has 2 aromatic rings. The van der Waals surface area contributed by atoms with Gasteiger partial charge >= 0.3 is 5.69 Å². The summed E-state index contributed by atoms with van der Waals surface area (Å²) in [6.07, 6.45) is 0.160. The standard InChI is InChI=1S/C13H19N7O3/c1-7-12(20(22)23)9(3)19(18-7)6-5-11(21)14-8(2)13-15-10(4)16-17-13/h8H,5-6H2,1-4H3,(H,14,21)(H,15,16,17). The van der Waals surface area contributed by atoms with Gasteiger partial charge in [0.05, 0.1) is 17.5 Å². The summed E-state index contributed by atoms with van der Waals surface area (Å²) in [6.45, 7) is 7.03. The van der Waals surface area contributed by atoms with Crippen LogP contribution in [-0.4, -0.2) is 35.8 Å². The third kappa shape index (κ3) is 3.71. The minimum atomic E-state index is -0.456. The number of nitrogens with zero attached hydrogens (tertiary/aromatic N) is 5. The molecule has 0 saturated heterocycles. The molecule has 0 aliphatic rings. The van der Waals surface area contributed by atoms with Crippen LogP contribution >= 0.6 is 0 Å². The van der Waals surface area contributed by atoms with Gasteiger partial charge in [-0.25, -0.2) is 4.98 Å². The number of hydrogen-bond acceptors (Lipinski definition) is 6. The molecular formula is C13H19N7O3. The van der Waals surface area contributed by atoms with Gasteiger partial charge in [-0.3, -0.25) is 24.7 Å². The molecule has 23 heavy (non-hydrogen) atoms. The second kappa shape index (κ2) is 6.55. The van der Waals surface area contributed by atoms with E-state index in [2.05, 4.69) is 25.6 Å². The van der Waals surface area contributed by atoms with Gasteiger partial charge in [0.15, 0.2) is 5.82 Å². The van der Waals surface area contributed by atoms with Gasteiger partial charge in [-0.1, -0.05) is 0 Å². The highest BCUT2D eigenvalue weighted by atomic mass is 16.6. The molecule has 2 N–H and O–H groups in total. The summed E-state index contributed by atoms with van der Waals surface area (Å²) in [5.41, 5.74) is 0.783. The quantitative estimate of drug-likeness (QED) is 0.605. The number of amides is 1. The van der Waals surface area contributed by atoms with Crippen LogP contribution in [0.4, 0.5) is 5.69 Å². The zero-order valence-corrected chi connectivity index (χ0v) is 13.5. The molecule has 0 spiro atoms. The Morgan fingerprint density at radius 2 is 2.13 bits per heavy atom. The molecule has 0 fully saturated rings. The fraction of sp³-hybridized carbons (Fsp3) is 0.538. The van der Waals surface area contributed by atoms with E-state index in [1.54, 1.807) is 27.7 Å². The number of aromatic amines is 1. The van der Waals surface area contributed by atoms with Crippen LogP contribution < -0.4 is 5.32 Å². The van der Waals surface area contributed by atoms with E-state index in [1.807, 2.05) is 0 Å². The molecule has 1 unspecified atom stereocenters. The number of carbonyl (C=O) groups is 1. The van der Waals surface area contributed by atoms with Crippen molar-refractivity contribution in [3.63, 3.8) is 0 Å². The average molecular weight is 321 g/mol. The Balaban J connectivity index is 1.94. The van der Waals surface area contributed by atoms with Gasteiger partial charge < -0.3 is 5.32 Å². The molecule has 1 atom stereocenters. The lowest BCUT2D eigenvalue weighted by Crippen LogP contribution is -2.28. The lowest BCUT2D eigenvalue weighted by molar-refractivity contribution is -0.386. The topological polar surface area (TPSA) is 132 Å². The lowest BCUT2D eigenvalue weighted by atomic mass is 10.3. The number of nitrogens with one attached hydrogen (secondary N) is 2. The van der Waals surface area contributed by atoms with Crippen molar-refractivity contribution in [2.75, 3.05) is 0 Å². The predicted molar refractivity (Wildman–Crippen MR) is 80.6 cm³/mol. The minimum absolute atomic E-state index is 0.00465. The van der Waals surface area contributed by atoms with Crippen LogP contribution in [-0.2, 0) is 11.3 Å². The molecule has 0 aliphatic carbocycles. The van der Waals surface area contributed by atoms with Gasteiger partial charge in [-0.05, 0) is 27.7 Å². The van der Waals surface area contributed by atoms with Crippen LogP contribution in [0.5, 0.6) is 0 Å². The van der Waals surface area contributed by atoms with Crippen LogP contribution in [0.3, 0.4) is 0 Å². The maximum Gasteiger partial charge on any atom is 0.312 e. The molecule has 1 amide bonds. The van der Waals surface area contributed by atoms with Crippen molar-refractivity contribution >= 4 is 11.6 Å². The van der Waals surface area contributed by atoms with Crippen molar-refractivity contribution in [2.24, 2.45) is 0 Å². The Bertz CT molecular complexity index is 734. The molecule has 10 nitrogen and oxygen atoms in total. The van der Waals surface area contributed by atoms with Crippen molar-refractivity contribution in [3.8, 4) is 0 Å². The zero-order valence-electron chi connectivity index (χ0n) is 13.5. The van der Waals surface area contributed by atoms with Crippen LogP contribution in [0.15, 0.2) is 0 Å². The Morgan fingerprint density at radius 3 is 2.65 bits per heavy atom. The van der Waals surface area contributed by atoms with Gasteiger partial charge in [-0.15, -0.1) is 0 Å². The summed E-state index contributed by atoms with van der Waals surface area (Å²) in [4.78, 5) is 26.6. The van der Waals surface area contributed by atoms with Crippen molar-refractivity contribution in [3.05, 3.63) is 33.2 Å². The van der Waals surface area contributed by atoms with Crippen molar-refractivity contribution in [1.82, 2.24) is 30.3 Å². The average Bonchev–Trinajstić information content (AvgIpc) is 3.00. The summed E-state index contributed by atoms with van der Waals surface area (Å²) in [7, 11) is 0. The molecule has 0 saturated carbocycles. The number of carbonyl (C=O) groups excluding carboxylic acids is 1. The van der Waals surface area contributed by atoms with Crippen molar-refractivity contribution in [2.45, 2.75) is 46.7 Å². The Labute approximate surface area is 132 Å². The van der Waals surface area contributed by atoms with E-state index in [0.29, 0.717) is 23.0 Å². The van der Waals surface area contributed by atoms with E-state index in [1.165, 1.54) is 4.68 Å². The van der Waals surface area contributed by atoms with Gasteiger partial charge in [0.1, 0.15) is 17.2 Å². The molecule has 0 radical (unpaired) electrons. The number of hydrogen-bond donors (Lipinski definition) is 2. The summed E-state index contributed by atoms with van der Waals surface area (Å²) < 4.78 is 1.48. The van der Waals surface area contributed by atoms with Crippen LogP contribution in [0.1, 0.15) is 42.4 Å². The summed E-state index contributed by atoms with van der Waals surface area (Å²) in [6, 6.07) is -0.317. The third-order valence-electron chi connectivity index (χ3n) is 3.46. The normalized spacial score (nSPS) is 12.2. The van der Waals surface area contributed by atoms with E-state index in [9.17, 15) is 14.9 Å². The fourth-order valence-corrected chi connectivity index (χ4v) is 2.31. The van der Waals surface area contributed by atoms with Gasteiger partial charge in [-0.2, -0.15) is 10.2 Å². The largest absolute Gasteiger partial charge is 0.346 e. The number of aryl methyl sites for hydroxylation is 3. The predicted octanol–water partition coefficient (Wildman–Crippen LogP) is 1.10. The highest BCUT2D eigenvalue weighted by Gasteiger charge is 2.22. The highest BCUT2D eigenvalue weighted by molar-refractivity contribution is 5.76. The Kier molecular flexibility index (Phi) is 4.72. The van der Waals surface area contributed by atoms with Gasteiger partial charge in [0, 0.05) is 6.42 Å². The third-order valence-corrected chi connectivity index (χ3v) is 3.46. The van der Waals surface area contributed by atoms with Crippen LogP contribution in [0.2, 0.25) is 0 Å². The number of aromatic nitrogens is 5. The zero-order chi connectivity index (χ0) is 17.1. The van der Waals surface area contributed by atoms with E-state index in [0.717, 1.165) is 0 Å². The molecule has 124 valence electrons. The maximum atomic E-state index is 12.0. The molecule has 0 aliphatic heterocycles.